The minimum absolute atomic E-state index is 0.0145. The Kier molecular flexibility index (Phi) is 6.01. The first-order valence-corrected chi connectivity index (χ1v) is 10.5. The standard InChI is InChI=1S/C21H29NO9/c1-9-3-5-22(6-4-9)7-10-12-13(16(26)19(29-2)14(10)24)18-20(31-21(12)28)17(27)15(25)11(8-23)30-18/h9,11,15,17-18,20,23-27H,3-8H2,1-2H3. The maximum atomic E-state index is 13.0. The van der Waals surface area contributed by atoms with E-state index in [2.05, 4.69) is 11.8 Å². The molecule has 0 bridgehead atoms. The molecule has 1 aromatic carbocycles. The molecule has 5 atom stereocenters. The molecule has 1 aromatic rings. The van der Waals surface area contributed by atoms with Crippen LogP contribution in [0.4, 0.5) is 0 Å². The van der Waals surface area contributed by atoms with Gasteiger partial charge in [0.25, 0.3) is 0 Å². The number of likely N-dealkylation sites (tertiary alicyclic amines) is 1. The van der Waals surface area contributed by atoms with E-state index in [-0.39, 0.29) is 34.7 Å². The molecule has 31 heavy (non-hydrogen) atoms. The molecule has 4 rings (SSSR count). The minimum atomic E-state index is -1.53. The van der Waals surface area contributed by atoms with Crippen LogP contribution in [0.25, 0.3) is 0 Å². The van der Waals surface area contributed by atoms with Gasteiger partial charge in [-0.2, -0.15) is 0 Å². The van der Waals surface area contributed by atoms with Crippen molar-refractivity contribution in [2.24, 2.45) is 5.92 Å². The van der Waals surface area contributed by atoms with E-state index in [1.54, 1.807) is 0 Å². The van der Waals surface area contributed by atoms with Gasteiger partial charge in [-0.15, -0.1) is 0 Å². The molecule has 172 valence electrons. The number of aliphatic hydroxyl groups is 3. The summed E-state index contributed by atoms with van der Waals surface area (Å²) in [5.74, 6) is -1.32. The lowest BCUT2D eigenvalue weighted by molar-refractivity contribution is -0.235. The number of carbonyl (C=O) groups excluding carboxylic acids is 1. The number of carbonyl (C=O) groups is 1. The Hall–Kier alpha value is -2.11. The molecular formula is C21H29NO9. The number of phenolic OH excluding ortho intramolecular Hbond substituents is 2. The van der Waals surface area contributed by atoms with Gasteiger partial charge in [0.2, 0.25) is 5.75 Å². The average molecular weight is 439 g/mol. The largest absolute Gasteiger partial charge is 0.504 e. The lowest BCUT2D eigenvalue weighted by atomic mass is 9.84. The van der Waals surface area contributed by atoms with Crippen LogP contribution < -0.4 is 4.74 Å². The first-order valence-electron chi connectivity index (χ1n) is 10.5. The van der Waals surface area contributed by atoms with Crippen molar-refractivity contribution in [3.63, 3.8) is 0 Å². The lowest BCUT2D eigenvalue weighted by Crippen LogP contribution is -2.58. The second-order valence-electron chi connectivity index (χ2n) is 8.59. The second-order valence-corrected chi connectivity index (χ2v) is 8.59. The Morgan fingerprint density at radius 2 is 1.81 bits per heavy atom. The van der Waals surface area contributed by atoms with Crippen LogP contribution >= 0.6 is 0 Å². The van der Waals surface area contributed by atoms with Gasteiger partial charge in [0.15, 0.2) is 17.6 Å². The first kappa shape index (κ1) is 22.1. The SMILES string of the molecule is COc1c(O)c(CN2CCC(C)CC2)c2c(c1O)C1OC(CO)C(O)C(O)C1OC2=O. The zero-order valence-electron chi connectivity index (χ0n) is 17.5. The van der Waals surface area contributed by atoms with Crippen molar-refractivity contribution < 1.29 is 44.5 Å². The number of benzene rings is 1. The van der Waals surface area contributed by atoms with Gasteiger partial charge in [-0.05, 0) is 31.8 Å². The van der Waals surface area contributed by atoms with Crippen molar-refractivity contribution in [1.82, 2.24) is 4.90 Å². The summed E-state index contributed by atoms with van der Waals surface area (Å²) in [5, 5.41) is 51.8. The molecule has 5 unspecified atom stereocenters. The molecule has 3 aliphatic heterocycles. The molecule has 0 aromatic heterocycles. The van der Waals surface area contributed by atoms with Gasteiger partial charge in [-0.3, -0.25) is 4.90 Å². The number of hydrogen-bond donors (Lipinski definition) is 5. The van der Waals surface area contributed by atoms with Crippen LogP contribution in [-0.4, -0.2) is 87.6 Å². The van der Waals surface area contributed by atoms with Crippen molar-refractivity contribution in [3.05, 3.63) is 16.7 Å². The van der Waals surface area contributed by atoms with Gasteiger partial charge < -0.3 is 39.7 Å². The van der Waals surface area contributed by atoms with E-state index in [9.17, 15) is 30.3 Å². The van der Waals surface area contributed by atoms with Gasteiger partial charge in [0.05, 0.1) is 19.3 Å². The summed E-state index contributed by atoms with van der Waals surface area (Å²) in [5.41, 5.74) is 0.212. The zero-order chi connectivity index (χ0) is 22.4. The number of esters is 1. The van der Waals surface area contributed by atoms with Crippen LogP contribution in [0.1, 0.15) is 47.4 Å². The molecule has 0 radical (unpaired) electrons. The molecule has 3 aliphatic rings. The summed E-state index contributed by atoms with van der Waals surface area (Å²) in [4.78, 5) is 15.1. The molecule has 0 spiro atoms. The van der Waals surface area contributed by atoms with E-state index in [0.717, 1.165) is 25.9 Å². The quantitative estimate of drug-likeness (QED) is 0.407. The zero-order valence-corrected chi connectivity index (χ0v) is 17.5. The highest BCUT2D eigenvalue weighted by atomic mass is 16.6. The third-order valence-electron chi connectivity index (χ3n) is 6.60. The first-order chi connectivity index (χ1) is 14.8. The highest BCUT2D eigenvalue weighted by Gasteiger charge is 2.53. The van der Waals surface area contributed by atoms with E-state index in [1.807, 2.05) is 0 Å². The van der Waals surface area contributed by atoms with E-state index in [4.69, 9.17) is 14.2 Å². The number of rotatable bonds is 4. The number of ether oxygens (including phenoxy) is 3. The maximum Gasteiger partial charge on any atom is 0.339 e. The van der Waals surface area contributed by atoms with Gasteiger partial charge in [0, 0.05) is 17.7 Å². The number of hydrogen-bond acceptors (Lipinski definition) is 10. The van der Waals surface area contributed by atoms with E-state index < -0.39 is 48.8 Å². The van der Waals surface area contributed by atoms with Crippen LogP contribution in [0.3, 0.4) is 0 Å². The van der Waals surface area contributed by atoms with Crippen LogP contribution in [-0.2, 0) is 16.0 Å². The summed E-state index contributed by atoms with van der Waals surface area (Å²) < 4.78 is 16.3. The highest BCUT2D eigenvalue weighted by molar-refractivity contribution is 5.97. The molecule has 10 nitrogen and oxygen atoms in total. The Bertz CT molecular complexity index is 852. The molecule has 10 heteroatoms. The third kappa shape index (κ3) is 3.62. The number of aliphatic hydroxyl groups excluding tert-OH is 3. The minimum Gasteiger partial charge on any atom is -0.504 e. The molecular weight excluding hydrogens is 410 g/mol. The predicted octanol–water partition coefficient (Wildman–Crippen LogP) is 0.0313. The van der Waals surface area contributed by atoms with Gasteiger partial charge >= 0.3 is 5.97 Å². The number of methoxy groups -OCH3 is 1. The average Bonchev–Trinajstić information content (AvgIpc) is 2.75. The van der Waals surface area contributed by atoms with Gasteiger partial charge in [-0.1, -0.05) is 6.92 Å². The second kappa shape index (κ2) is 8.44. The molecule has 5 N–H and O–H groups in total. The van der Waals surface area contributed by atoms with E-state index >= 15 is 0 Å². The van der Waals surface area contributed by atoms with Crippen LogP contribution in [0.15, 0.2) is 0 Å². The summed E-state index contributed by atoms with van der Waals surface area (Å²) in [6.45, 7) is 3.40. The van der Waals surface area contributed by atoms with Crippen LogP contribution in [0, 0.1) is 5.92 Å². The number of fused-ring (bicyclic) bond motifs is 3. The molecule has 0 amide bonds. The van der Waals surface area contributed by atoms with Crippen molar-refractivity contribution in [1.29, 1.82) is 0 Å². The summed E-state index contributed by atoms with van der Waals surface area (Å²) in [6, 6.07) is 0. The predicted molar refractivity (Wildman–Crippen MR) is 106 cm³/mol. The molecule has 2 fully saturated rings. The van der Waals surface area contributed by atoms with Crippen LogP contribution in [0.5, 0.6) is 17.2 Å². The van der Waals surface area contributed by atoms with Gasteiger partial charge in [-0.25, -0.2) is 4.79 Å². The number of aromatic hydroxyl groups is 2. The molecule has 3 heterocycles. The topological polar surface area (TPSA) is 149 Å². The fraction of sp³-hybridized carbons (Fsp3) is 0.667. The van der Waals surface area contributed by atoms with Crippen molar-refractivity contribution in [3.8, 4) is 17.2 Å². The van der Waals surface area contributed by atoms with Crippen molar-refractivity contribution >= 4 is 5.97 Å². The molecule has 0 saturated carbocycles. The van der Waals surface area contributed by atoms with Crippen LogP contribution in [0.2, 0.25) is 0 Å². The van der Waals surface area contributed by atoms with E-state index in [1.165, 1.54) is 7.11 Å². The fourth-order valence-corrected chi connectivity index (χ4v) is 4.71. The summed E-state index contributed by atoms with van der Waals surface area (Å²) in [7, 11) is 1.28. The smallest absolute Gasteiger partial charge is 0.339 e. The Balaban J connectivity index is 1.82. The number of nitrogens with zero attached hydrogens (tertiary/aromatic N) is 1. The van der Waals surface area contributed by atoms with E-state index in [0.29, 0.717) is 5.92 Å². The molecule has 2 saturated heterocycles. The Labute approximate surface area is 179 Å². The number of phenols is 2. The summed E-state index contributed by atoms with van der Waals surface area (Å²) >= 11 is 0. The van der Waals surface area contributed by atoms with Crippen molar-refractivity contribution in [2.45, 2.75) is 56.8 Å². The van der Waals surface area contributed by atoms with Crippen molar-refractivity contribution in [2.75, 3.05) is 26.8 Å². The normalized spacial score (nSPS) is 31.6. The lowest BCUT2D eigenvalue weighted by Gasteiger charge is -2.45. The summed E-state index contributed by atoms with van der Waals surface area (Å²) in [6.07, 6.45) is -4.63. The Morgan fingerprint density at radius 3 is 2.42 bits per heavy atom. The maximum absolute atomic E-state index is 13.0. The number of piperidine rings is 1. The monoisotopic (exact) mass is 439 g/mol. The van der Waals surface area contributed by atoms with Gasteiger partial charge in [0.1, 0.15) is 24.4 Å². The fourth-order valence-electron chi connectivity index (χ4n) is 4.71. The highest BCUT2D eigenvalue weighted by Crippen LogP contribution is 2.52. The Morgan fingerprint density at radius 1 is 1.13 bits per heavy atom. The molecule has 0 aliphatic carbocycles. The third-order valence-corrected chi connectivity index (χ3v) is 6.60.